The minimum atomic E-state index is -0.989. The van der Waals surface area contributed by atoms with Crippen molar-refractivity contribution in [1.29, 1.82) is 0 Å². The Morgan fingerprint density at radius 1 is 1.44 bits per heavy atom. The molecule has 0 aromatic heterocycles. The molecular formula is C12H25NO3. The van der Waals surface area contributed by atoms with E-state index in [0.717, 1.165) is 13.0 Å². The van der Waals surface area contributed by atoms with Crippen LogP contribution >= 0.6 is 0 Å². The fourth-order valence-corrected chi connectivity index (χ4v) is 2.55. The number of aliphatic hydroxyl groups is 1. The van der Waals surface area contributed by atoms with E-state index in [0.29, 0.717) is 5.92 Å². The smallest absolute Gasteiger partial charge is 0.186 e. The highest BCUT2D eigenvalue weighted by Crippen LogP contribution is 2.28. The van der Waals surface area contributed by atoms with Crippen LogP contribution in [-0.2, 0) is 9.47 Å². The summed E-state index contributed by atoms with van der Waals surface area (Å²) < 4.78 is 10.3. The predicted octanol–water partition coefficient (Wildman–Crippen LogP) is 1.13. The standard InChI is InChI=1S/C12H25NO3/c1-5-9-6-7-13-10(8-9)12(2,14)11(15-3)16-4/h9-11,13-14H,5-8H2,1-4H3. The van der Waals surface area contributed by atoms with Crippen LogP contribution in [0.15, 0.2) is 0 Å². The number of methoxy groups -OCH3 is 2. The number of ether oxygens (including phenoxy) is 2. The van der Waals surface area contributed by atoms with Gasteiger partial charge in [-0.25, -0.2) is 0 Å². The second-order valence-electron chi connectivity index (χ2n) is 4.83. The molecule has 0 radical (unpaired) electrons. The lowest BCUT2D eigenvalue weighted by Gasteiger charge is -2.42. The van der Waals surface area contributed by atoms with Crippen molar-refractivity contribution in [2.24, 2.45) is 5.92 Å². The molecule has 1 aliphatic rings. The molecule has 4 nitrogen and oxygen atoms in total. The van der Waals surface area contributed by atoms with Gasteiger partial charge in [-0.3, -0.25) is 0 Å². The molecule has 1 saturated heterocycles. The topological polar surface area (TPSA) is 50.7 Å². The molecule has 3 atom stereocenters. The summed E-state index contributed by atoms with van der Waals surface area (Å²) in [4.78, 5) is 0. The van der Waals surface area contributed by atoms with Gasteiger partial charge >= 0.3 is 0 Å². The van der Waals surface area contributed by atoms with E-state index in [2.05, 4.69) is 12.2 Å². The lowest BCUT2D eigenvalue weighted by Crippen LogP contribution is -2.59. The van der Waals surface area contributed by atoms with Crippen LogP contribution in [0.25, 0.3) is 0 Å². The Morgan fingerprint density at radius 3 is 2.56 bits per heavy atom. The highest BCUT2D eigenvalue weighted by atomic mass is 16.7. The van der Waals surface area contributed by atoms with Crippen LogP contribution in [0.2, 0.25) is 0 Å². The SMILES string of the molecule is CCC1CCNC(C(C)(O)C(OC)OC)C1. The third-order valence-electron chi connectivity index (χ3n) is 3.70. The summed E-state index contributed by atoms with van der Waals surface area (Å²) in [7, 11) is 3.12. The van der Waals surface area contributed by atoms with E-state index in [1.165, 1.54) is 12.8 Å². The van der Waals surface area contributed by atoms with Gasteiger partial charge in [-0.05, 0) is 32.2 Å². The fourth-order valence-electron chi connectivity index (χ4n) is 2.55. The van der Waals surface area contributed by atoms with Crippen molar-refractivity contribution >= 4 is 0 Å². The van der Waals surface area contributed by atoms with Crippen LogP contribution < -0.4 is 5.32 Å². The number of hydrogen-bond acceptors (Lipinski definition) is 4. The molecule has 1 heterocycles. The molecule has 4 heteroatoms. The molecule has 1 aliphatic heterocycles. The first-order valence-electron chi connectivity index (χ1n) is 6.07. The summed E-state index contributed by atoms with van der Waals surface area (Å²) >= 11 is 0. The molecule has 0 bridgehead atoms. The molecule has 0 amide bonds. The fraction of sp³-hybridized carbons (Fsp3) is 1.00. The molecule has 96 valence electrons. The molecule has 2 N–H and O–H groups in total. The first-order valence-corrected chi connectivity index (χ1v) is 6.07. The summed E-state index contributed by atoms with van der Waals surface area (Å²) in [5.41, 5.74) is -0.989. The predicted molar refractivity (Wildman–Crippen MR) is 63.2 cm³/mol. The van der Waals surface area contributed by atoms with Crippen LogP contribution in [0, 0.1) is 5.92 Å². The van der Waals surface area contributed by atoms with Gasteiger partial charge < -0.3 is 19.9 Å². The molecule has 0 aliphatic carbocycles. The quantitative estimate of drug-likeness (QED) is 0.697. The minimum Gasteiger partial charge on any atom is -0.383 e. The number of rotatable bonds is 5. The molecule has 0 aromatic rings. The van der Waals surface area contributed by atoms with Gasteiger partial charge in [0, 0.05) is 20.3 Å². The van der Waals surface area contributed by atoms with Crippen molar-refractivity contribution in [2.75, 3.05) is 20.8 Å². The van der Waals surface area contributed by atoms with Crippen LogP contribution in [0.1, 0.15) is 33.1 Å². The van der Waals surface area contributed by atoms with Crippen molar-refractivity contribution in [3.8, 4) is 0 Å². The van der Waals surface area contributed by atoms with Crippen molar-refractivity contribution in [3.05, 3.63) is 0 Å². The second kappa shape index (κ2) is 5.96. The molecule has 3 unspecified atom stereocenters. The maximum atomic E-state index is 10.5. The molecule has 1 fully saturated rings. The van der Waals surface area contributed by atoms with E-state index in [9.17, 15) is 5.11 Å². The number of nitrogens with one attached hydrogen (secondary N) is 1. The third kappa shape index (κ3) is 2.94. The Morgan fingerprint density at radius 2 is 2.06 bits per heavy atom. The van der Waals surface area contributed by atoms with Crippen LogP contribution in [0.3, 0.4) is 0 Å². The first-order chi connectivity index (χ1) is 7.56. The van der Waals surface area contributed by atoms with Gasteiger partial charge in [-0.15, -0.1) is 0 Å². The average Bonchev–Trinajstić information content (AvgIpc) is 2.30. The highest BCUT2D eigenvalue weighted by molar-refractivity contribution is 4.94. The molecule has 0 saturated carbocycles. The summed E-state index contributed by atoms with van der Waals surface area (Å²) in [5, 5.41) is 13.9. The Balaban J connectivity index is 2.66. The lowest BCUT2D eigenvalue weighted by atomic mass is 9.82. The molecule has 1 rings (SSSR count). The minimum absolute atomic E-state index is 0.0381. The van der Waals surface area contributed by atoms with Gasteiger partial charge in [0.1, 0.15) is 5.60 Å². The maximum absolute atomic E-state index is 10.5. The lowest BCUT2D eigenvalue weighted by molar-refractivity contribution is -0.221. The van der Waals surface area contributed by atoms with Crippen LogP contribution in [0.5, 0.6) is 0 Å². The van der Waals surface area contributed by atoms with Gasteiger partial charge in [0.15, 0.2) is 6.29 Å². The van der Waals surface area contributed by atoms with E-state index >= 15 is 0 Å². The first kappa shape index (κ1) is 13.9. The van der Waals surface area contributed by atoms with Gasteiger partial charge in [-0.1, -0.05) is 13.3 Å². The third-order valence-corrected chi connectivity index (χ3v) is 3.70. The molecule has 16 heavy (non-hydrogen) atoms. The van der Waals surface area contributed by atoms with Crippen molar-refractivity contribution < 1.29 is 14.6 Å². The van der Waals surface area contributed by atoms with E-state index in [-0.39, 0.29) is 6.04 Å². The molecule has 0 spiro atoms. The van der Waals surface area contributed by atoms with Gasteiger partial charge in [0.05, 0.1) is 0 Å². The maximum Gasteiger partial charge on any atom is 0.186 e. The summed E-state index contributed by atoms with van der Waals surface area (Å²) in [6.07, 6.45) is 2.75. The Labute approximate surface area is 98.3 Å². The van der Waals surface area contributed by atoms with Gasteiger partial charge in [-0.2, -0.15) is 0 Å². The van der Waals surface area contributed by atoms with E-state index < -0.39 is 11.9 Å². The highest BCUT2D eigenvalue weighted by Gasteiger charge is 2.42. The zero-order valence-corrected chi connectivity index (χ0v) is 10.8. The van der Waals surface area contributed by atoms with Gasteiger partial charge in [0.2, 0.25) is 0 Å². The van der Waals surface area contributed by atoms with Crippen molar-refractivity contribution in [2.45, 2.75) is 51.0 Å². The number of hydrogen-bond donors (Lipinski definition) is 2. The monoisotopic (exact) mass is 231 g/mol. The summed E-state index contributed by atoms with van der Waals surface area (Å²) in [6, 6.07) is 0.0381. The van der Waals surface area contributed by atoms with Crippen molar-refractivity contribution in [3.63, 3.8) is 0 Å². The van der Waals surface area contributed by atoms with Crippen molar-refractivity contribution in [1.82, 2.24) is 5.32 Å². The average molecular weight is 231 g/mol. The molecule has 0 aromatic carbocycles. The van der Waals surface area contributed by atoms with Gasteiger partial charge in [0.25, 0.3) is 0 Å². The Kier molecular flexibility index (Phi) is 5.18. The van der Waals surface area contributed by atoms with Crippen LogP contribution in [-0.4, -0.2) is 43.8 Å². The Hall–Kier alpha value is -0.160. The normalized spacial score (nSPS) is 30.4. The van der Waals surface area contributed by atoms with E-state index in [1.54, 1.807) is 21.1 Å². The van der Waals surface area contributed by atoms with E-state index in [4.69, 9.17) is 9.47 Å². The summed E-state index contributed by atoms with van der Waals surface area (Å²) in [6.45, 7) is 4.94. The number of piperidine rings is 1. The van der Waals surface area contributed by atoms with E-state index in [1.807, 2.05) is 0 Å². The zero-order valence-electron chi connectivity index (χ0n) is 10.8. The largest absolute Gasteiger partial charge is 0.383 e. The second-order valence-corrected chi connectivity index (χ2v) is 4.83. The Bertz CT molecular complexity index is 204. The summed E-state index contributed by atoms with van der Waals surface area (Å²) in [5.74, 6) is 0.687. The molecular weight excluding hydrogens is 206 g/mol. The zero-order chi connectivity index (χ0) is 12.2. The van der Waals surface area contributed by atoms with Crippen LogP contribution in [0.4, 0.5) is 0 Å².